The van der Waals surface area contributed by atoms with Crippen LogP contribution in [0.3, 0.4) is 0 Å². The molecule has 13 heteroatoms. The van der Waals surface area contributed by atoms with Gasteiger partial charge in [0, 0.05) is 31.1 Å². The average molecular weight is 681 g/mol. The van der Waals surface area contributed by atoms with Crippen LogP contribution >= 0.6 is 0 Å². The molecule has 1 aromatic heterocycles. The van der Waals surface area contributed by atoms with E-state index in [-0.39, 0.29) is 11.1 Å². The van der Waals surface area contributed by atoms with Crippen LogP contribution in [0, 0.1) is 0 Å². The molecule has 0 aliphatic heterocycles. The van der Waals surface area contributed by atoms with Crippen LogP contribution in [-0.4, -0.2) is 61.8 Å². The Kier molecular flexibility index (Phi) is 13.3. The Labute approximate surface area is 270 Å². The zero-order chi connectivity index (χ0) is 34.9. The lowest BCUT2D eigenvalue weighted by molar-refractivity contribution is -0.681. The van der Waals surface area contributed by atoms with Crippen LogP contribution in [0.5, 0.6) is 5.75 Å². The Morgan fingerprint density at radius 3 is 1.83 bits per heavy atom. The van der Waals surface area contributed by atoms with Crippen molar-refractivity contribution in [2.75, 3.05) is 13.1 Å². The average Bonchev–Trinajstić information content (AvgIpc) is 2.97. The number of carbonyl (C=O) groups is 1. The van der Waals surface area contributed by atoms with E-state index in [4.69, 9.17) is 17.7 Å². The van der Waals surface area contributed by atoms with E-state index in [0.717, 1.165) is 11.7 Å². The van der Waals surface area contributed by atoms with Gasteiger partial charge < -0.3 is 19.3 Å². The Balaban J connectivity index is 0.000000812. The maximum absolute atomic E-state index is 13.0. The van der Waals surface area contributed by atoms with Gasteiger partial charge in [-0.3, -0.25) is 0 Å². The molecule has 252 valence electrons. The molecule has 46 heavy (non-hydrogen) atoms. The van der Waals surface area contributed by atoms with E-state index >= 15 is 0 Å². The van der Waals surface area contributed by atoms with Crippen molar-refractivity contribution in [3.8, 4) is 5.75 Å². The third kappa shape index (κ3) is 9.74. The lowest BCUT2D eigenvalue weighted by atomic mass is 10.0. The van der Waals surface area contributed by atoms with Gasteiger partial charge in [0.2, 0.25) is 6.20 Å². The van der Waals surface area contributed by atoms with Crippen LogP contribution in [0.2, 0.25) is 5.04 Å². The number of amides is 1. The number of aromatic nitrogens is 1. The minimum absolute atomic E-state index is 0.0183. The number of aliphatic hydroxyl groups is 1. The lowest BCUT2D eigenvalue weighted by Crippen LogP contribution is -2.71. The minimum atomic E-state index is -6.09. The topological polar surface area (TPSA) is 111 Å². The van der Waals surface area contributed by atoms with E-state index in [2.05, 4.69) is 98.8 Å². The second-order valence-electron chi connectivity index (χ2n) is 11.9. The summed E-state index contributed by atoms with van der Waals surface area (Å²) in [6, 6.07) is 23.6. The molecule has 0 saturated heterocycles. The lowest BCUT2D eigenvalue weighted by Gasteiger charge is -2.41. The zero-order valence-electron chi connectivity index (χ0n) is 27.0. The summed E-state index contributed by atoms with van der Waals surface area (Å²) >= 11 is 0. The molecule has 1 heterocycles. The zero-order valence-corrected chi connectivity index (χ0v) is 28.9. The van der Waals surface area contributed by atoms with Crippen molar-refractivity contribution < 1.29 is 45.3 Å². The van der Waals surface area contributed by atoms with E-state index in [9.17, 15) is 23.1 Å². The molecule has 1 N–H and O–H groups in total. The van der Waals surface area contributed by atoms with Gasteiger partial charge in [-0.25, -0.2) is 17.8 Å². The Morgan fingerprint density at radius 2 is 1.46 bits per heavy atom. The van der Waals surface area contributed by atoms with Crippen molar-refractivity contribution in [1.29, 1.82) is 0 Å². The molecule has 1 unspecified atom stereocenters. The summed E-state index contributed by atoms with van der Waals surface area (Å²) in [6.45, 7) is 17.7. The standard InChI is InChI=1S/C32H43N2O3Si.CHF3O3S/c1-8-34(9-2)31(36)37-30-23-33(21-20-26(30)22-29(35)25(3)4)24-38(32(5,6)7,27-16-12-10-13-17-27)28-18-14-11-15-19-28;2-1(3,4)8(5,6)7/h10-21,23,29,35H,3,8-9,22,24H2,1-2,4-7H3;(H,5,6,7)/q+1;/p-1. The summed E-state index contributed by atoms with van der Waals surface area (Å²) in [6.07, 6.45) is 3.98. The SMILES string of the molecule is C=C(C)C(O)Cc1cc[n+](C[Si](c2ccccc2)(c2ccccc2)C(C)(C)C)cc1OC(=O)N(CC)CC.O=S(=O)([O-])C(F)(F)F. The molecule has 2 aromatic carbocycles. The molecule has 3 aromatic rings. The summed E-state index contributed by atoms with van der Waals surface area (Å²) in [5.41, 5.74) is -4.19. The number of hydrogen-bond donors (Lipinski definition) is 1. The van der Waals surface area contributed by atoms with Crippen LogP contribution in [-0.2, 0) is 22.7 Å². The summed E-state index contributed by atoms with van der Waals surface area (Å²) in [7, 11) is -8.50. The third-order valence-corrected chi connectivity index (χ3v) is 14.4. The van der Waals surface area contributed by atoms with Gasteiger partial charge in [0.05, 0.1) is 6.10 Å². The van der Waals surface area contributed by atoms with Gasteiger partial charge in [-0.15, -0.1) is 0 Å². The van der Waals surface area contributed by atoms with Crippen LogP contribution in [0.1, 0.15) is 47.1 Å². The van der Waals surface area contributed by atoms with Crippen LogP contribution in [0.4, 0.5) is 18.0 Å². The third-order valence-electron chi connectivity index (χ3n) is 7.78. The highest BCUT2D eigenvalue weighted by atomic mass is 32.2. The molecular weight excluding hydrogens is 638 g/mol. The van der Waals surface area contributed by atoms with Gasteiger partial charge in [0.15, 0.2) is 30.1 Å². The van der Waals surface area contributed by atoms with Crippen molar-refractivity contribution >= 4 is 34.7 Å². The highest BCUT2D eigenvalue weighted by Gasteiger charge is 2.51. The van der Waals surface area contributed by atoms with E-state index in [1.54, 1.807) is 11.8 Å². The first-order valence-corrected chi connectivity index (χ1v) is 18.3. The molecule has 0 fully saturated rings. The molecule has 0 aliphatic rings. The quantitative estimate of drug-likeness (QED) is 0.107. The number of benzene rings is 2. The molecule has 0 radical (unpaired) electrons. The molecular formula is C33H43F3N2O6SSi. The van der Waals surface area contributed by atoms with E-state index in [1.807, 2.05) is 26.1 Å². The monoisotopic (exact) mass is 680 g/mol. The maximum Gasteiger partial charge on any atom is 0.485 e. The maximum atomic E-state index is 13.0. The number of rotatable bonds is 10. The van der Waals surface area contributed by atoms with E-state index in [0.29, 0.717) is 30.8 Å². The molecule has 0 spiro atoms. The van der Waals surface area contributed by atoms with Gasteiger partial charge in [-0.1, -0.05) is 93.6 Å². The van der Waals surface area contributed by atoms with Crippen molar-refractivity contribution in [3.63, 3.8) is 0 Å². The number of nitrogens with zero attached hydrogens (tertiary/aromatic N) is 2. The minimum Gasteiger partial charge on any atom is -0.741 e. The number of halogens is 3. The van der Waals surface area contributed by atoms with Crippen LogP contribution < -0.4 is 19.7 Å². The van der Waals surface area contributed by atoms with Crippen molar-refractivity contribution in [2.45, 2.75) is 70.8 Å². The fraction of sp³-hybridized carbons (Fsp3) is 0.394. The Hall–Kier alpha value is -3.52. The number of pyridine rings is 1. The first-order valence-electron chi connectivity index (χ1n) is 14.7. The van der Waals surface area contributed by atoms with Gasteiger partial charge in [-0.05, 0) is 36.2 Å². The molecule has 8 nitrogen and oxygen atoms in total. The number of carbonyl (C=O) groups excluding carboxylic acids is 1. The number of ether oxygens (including phenoxy) is 1. The van der Waals surface area contributed by atoms with Crippen LogP contribution in [0.25, 0.3) is 0 Å². The van der Waals surface area contributed by atoms with Gasteiger partial charge in [-0.2, -0.15) is 13.2 Å². The highest BCUT2D eigenvalue weighted by molar-refractivity contribution is 7.86. The number of aliphatic hydroxyl groups excluding tert-OH is 1. The predicted octanol–water partition coefficient (Wildman–Crippen LogP) is 4.95. The summed E-state index contributed by atoms with van der Waals surface area (Å²) < 4.78 is 67.0. The summed E-state index contributed by atoms with van der Waals surface area (Å²) in [5, 5.41) is 13.2. The van der Waals surface area contributed by atoms with Crippen molar-refractivity contribution in [3.05, 3.63) is 96.8 Å². The van der Waals surface area contributed by atoms with E-state index < -0.39 is 29.8 Å². The molecule has 0 aliphatic carbocycles. The van der Waals surface area contributed by atoms with Gasteiger partial charge >= 0.3 is 11.6 Å². The first-order chi connectivity index (χ1) is 21.3. The van der Waals surface area contributed by atoms with Crippen LogP contribution in [0.15, 0.2) is 91.3 Å². The molecule has 3 rings (SSSR count). The molecule has 0 saturated carbocycles. The Bertz CT molecular complexity index is 1520. The second-order valence-corrected chi connectivity index (χ2v) is 18.1. The first kappa shape index (κ1) is 38.7. The van der Waals surface area contributed by atoms with Crippen molar-refractivity contribution in [1.82, 2.24) is 4.90 Å². The highest BCUT2D eigenvalue weighted by Crippen LogP contribution is 2.36. The molecule has 1 atom stereocenters. The van der Waals surface area contributed by atoms with E-state index in [1.165, 1.54) is 10.4 Å². The smallest absolute Gasteiger partial charge is 0.485 e. The van der Waals surface area contributed by atoms with Crippen molar-refractivity contribution in [2.24, 2.45) is 0 Å². The van der Waals surface area contributed by atoms with Gasteiger partial charge in [0.25, 0.3) is 0 Å². The summed E-state index contributed by atoms with van der Waals surface area (Å²) in [4.78, 5) is 14.6. The number of alkyl halides is 3. The molecule has 0 bridgehead atoms. The normalized spacial score (nSPS) is 12.8. The predicted molar refractivity (Wildman–Crippen MR) is 173 cm³/mol. The molecule has 1 amide bonds. The fourth-order valence-corrected chi connectivity index (χ4v) is 10.3. The fourth-order valence-electron chi connectivity index (χ4n) is 5.10. The second kappa shape index (κ2) is 15.9. The largest absolute Gasteiger partial charge is 0.741 e. The Morgan fingerprint density at radius 1 is 1.00 bits per heavy atom. The van der Waals surface area contributed by atoms with Gasteiger partial charge in [0.1, 0.15) is 6.17 Å². The summed E-state index contributed by atoms with van der Waals surface area (Å²) in [5.74, 6) is 0.475. The number of hydrogen-bond acceptors (Lipinski definition) is 6.